The van der Waals surface area contributed by atoms with Crippen LogP contribution in [-0.2, 0) is 4.74 Å². The first-order valence-corrected chi connectivity index (χ1v) is 11.0. The first-order valence-electron chi connectivity index (χ1n) is 11.0. The van der Waals surface area contributed by atoms with Gasteiger partial charge in [0.15, 0.2) is 5.76 Å². The van der Waals surface area contributed by atoms with E-state index in [-0.39, 0.29) is 35.4 Å². The van der Waals surface area contributed by atoms with Gasteiger partial charge in [0.2, 0.25) is 11.2 Å². The number of nitrogens with one attached hydrogen (secondary N) is 1. The molecule has 9 heteroatoms. The molecule has 3 aromatic rings. The molecule has 0 unspecified atom stereocenters. The van der Waals surface area contributed by atoms with Crippen molar-refractivity contribution in [2.45, 2.75) is 26.4 Å². The lowest BCUT2D eigenvalue weighted by atomic mass is 10.1. The van der Waals surface area contributed by atoms with Crippen molar-refractivity contribution in [1.82, 2.24) is 5.32 Å². The molecule has 0 aliphatic heterocycles. The summed E-state index contributed by atoms with van der Waals surface area (Å²) in [7, 11) is 3.61. The number of halogens is 1. The number of benzene rings is 2. The number of anilines is 1. The second-order valence-electron chi connectivity index (χ2n) is 9.01. The van der Waals surface area contributed by atoms with Gasteiger partial charge in [0.05, 0.1) is 11.9 Å². The number of fused-ring (bicyclic) bond motifs is 1. The van der Waals surface area contributed by atoms with E-state index < -0.39 is 28.7 Å². The molecule has 0 atom stereocenters. The van der Waals surface area contributed by atoms with Crippen LogP contribution in [0.25, 0.3) is 23.1 Å². The largest absolute Gasteiger partial charge is 0.502 e. The molecule has 1 aromatic heterocycles. The topological polar surface area (TPSA) is 101 Å². The van der Waals surface area contributed by atoms with Gasteiger partial charge < -0.3 is 29.2 Å². The smallest absolute Gasteiger partial charge is 0.407 e. The van der Waals surface area contributed by atoms with Crippen molar-refractivity contribution >= 4 is 34.9 Å². The Bertz CT molecular complexity index is 1310. The van der Waals surface area contributed by atoms with E-state index in [1.807, 2.05) is 14.1 Å². The summed E-state index contributed by atoms with van der Waals surface area (Å²) >= 11 is 0. The van der Waals surface area contributed by atoms with Crippen molar-refractivity contribution in [2.75, 3.05) is 32.1 Å². The zero-order chi connectivity index (χ0) is 25.8. The summed E-state index contributed by atoms with van der Waals surface area (Å²) < 4.78 is 30.9. The standard InChI is InChI=1S/C26H29FN2O6/c1-26(2,3)35-25(32)28-12-13-33-18-9-10-19-22(15-18)34-21(24(31)23(19)30)11-7-16-6-8-17(29(4)5)14-20(16)27/h6-11,14-15,31H,12-13H2,1-5H3,(H,28,32)/b11-7+. The Labute approximate surface area is 202 Å². The molecule has 0 aliphatic rings. The van der Waals surface area contributed by atoms with Gasteiger partial charge in [-0.15, -0.1) is 0 Å². The van der Waals surface area contributed by atoms with Crippen molar-refractivity contribution in [1.29, 1.82) is 0 Å². The van der Waals surface area contributed by atoms with E-state index in [0.29, 0.717) is 11.4 Å². The van der Waals surface area contributed by atoms with Crippen LogP contribution in [0.1, 0.15) is 32.1 Å². The normalized spacial score (nSPS) is 11.6. The van der Waals surface area contributed by atoms with Gasteiger partial charge in [0, 0.05) is 31.4 Å². The highest BCUT2D eigenvalue weighted by molar-refractivity contribution is 5.82. The predicted octanol–water partition coefficient (Wildman–Crippen LogP) is 4.78. The summed E-state index contributed by atoms with van der Waals surface area (Å²) in [4.78, 5) is 26.0. The molecule has 1 amide bonds. The summed E-state index contributed by atoms with van der Waals surface area (Å²) in [5.41, 5.74) is -0.0539. The zero-order valence-corrected chi connectivity index (χ0v) is 20.3. The fourth-order valence-corrected chi connectivity index (χ4v) is 3.11. The van der Waals surface area contributed by atoms with Gasteiger partial charge in [-0.3, -0.25) is 4.79 Å². The Hall–Kier alpha value is -4.01. The average molecular weight is 485 g/mol. The summed E-state index contributed by atoms with van der Waals surface area (Å²) in [5, 5.41) is 13.0. The third-order valence-corrected chi connectivity index (χ3v) is 4.82. The maximum atomic E-state index is 14.4. The Morgan fingerprint density at radius 2 is 1.91 bits per heavy atom. The third kappa shape index (κ3) is 6.75. The van der Waals surface area contributed by atoms with E-state index in [9.17, 15) is 19.1 Å². The molecule has 35 heavy (non-hydrogen) atoms. The van der Waals surface area contributed by atoms with Crippen molar-refractivity contribution in [2.24, 2.45) is 0 Å². The molecule has 0 radical (unpaired) electrons. The van der Waals surface area contributed by atoms with E-state index in [2.05, 4.69) is 5.32 Å². The minimum atomic E-state index is -0.618. The number of carbonyl (C=O) groups is 1. The minimum Gasteiger partial charge on any atom is -0.502 e. The number of alkyl carbamates (subject to hydrolysis) is 1. The molecule has 2 N–H and O–H groups in total. The number of ether oxygens (including phenoxy) is 2. The fourth-order valence-electron chi connectivity index (χ4n) is 3.11. The summed E-state index contributed by atoms with van der Waals surface area (Å²) in [6, 6.07) is 9.27. The lowest BCUT2D eigenvalue weighted by molar-refractivity contribution is 0.0520. The fraction of sp³-hybridized carbons (Fsp3) is 0.308. The van der Waals surface area contributed by atoms with Crippen LogP contribution in [0.15, 0.2) is 45.6 Å². The van der Waals surface area contributed by atoms with Gasteiger partial charge in [-0.2, -0.15) is 0 Å². The van der Waals surface area contributed by atoms with Crippen LogP contribution in [0.2, 0.25) is 0 Å². The monoisotopic (exact) mass is 484 g/mol. The van der Waals surface area contributed by atoms with Gasteiger partial charge in [-0.05, 0) is 63.3 Å². The van der Waals surface area contributed by atoms with Crippen molar-refractivity contribution in [3.05, 3.63) is 63.8 Å². The van der Waals surface area contributed by atoms with Crippen LogP contribution < -0.4 is 20.4 Å². The number of aromatic hydroxyl groups is 1. The summed E-state index contributed by atoms with van der Waals surface area (Å²) in [6.45, 7) is 5.67. The second kappa shape index (κ2) is 10.5. The predicted molar refractivity (Wildman–Crippen MR) is 134 cm³/mol. The van der Waals surface area contributed by atoms with E-state index >= 15 is 0 Å². The lowest BCUT2D eigenvalue weighted by Crippen LogP contribution is -2.34. The summed E-state index contributed by atoms with van der Waals surface area (Å²) in [6.07, 6.45) is 2.20. The maximum Gasteiger partial charge on any atom is 0.407 e. The number of rotatable bonds is 7. The lowest BCUT2D eigenvalue weighted by Gasteiger charge is -2.19. The number of carbonyl (C=O) groups excluding carboxylic acids is 1. The van der Waals surface area contributed by atoms with E-state index in [0.717, 1.165) is 0 Å². The molecule has 186 valence electrons. The van der Waals surface area contributed by atoms with Crippen LogP contribution in [0.4, 0.5) is 14.9 Å². The minimum absolute atomic E-state index is 0.109. The molecule has 0 aliphatic carbocycles. The highest BCUT2D eigenvalue weighted by Gasteiger charge is 2.16. The second-order valence-corrected chi connectivity index (χ2v) is 9.01. The van der Waals surface area contributed by atoms with Gasteiger partial charge in [-0.25, -0.2) is 9.18 Å². The first-order chi connectivity index (χ1) is 16.4. The van der Waals surface area contributed by atoms with Crippen LogP contribution in [-0.4, -0.2) is 44.0 Å². The molecule has 0 saturated carbocycles. The van der Waals surface area contributed by atoms with Crippen molar-refractivity contribution in [3.8, 4) is 11.5 Å². The number of hydrogen-bond donors (Lipinski definition) is 2. The summed E-state index contributed by atoms with van der Waals surface area (Å²) in [5.74, 6) is -0.736. The molecule has 0 fully saturated rings. The Morgan fingerprint density at radius 3 is 2.57 bits per heavy atom. The molecule has 8 nitrogen and oxygen atoms in total. The van der Waals surface area contributed by atoms with Crippen molar-refractivity contribution in [3.63, 3.8) is 0 Å². The van der Waals surface area contributed by atoms with Crippen LogP contribution in [0.5, 0.6) is 11.5 Å². The highest BCUT2D eigenvalue weighted by atomic mass is 19.1. The third-order valence-electron chi connectivity index (χ3n) is 4.82. The molecular formula is C26H29FN2O6. The van der Waals surface area contributed by atoms with Gasteiger partial charge in [-0.1, -0.05) is 0 Å². The van der Waals surface area contributed by atoms with Crippen LogP contribution >= 0.6 is 0 Å². The highest BCUT2D eigenvalue weighted by Crippen LogP contribution is 2.26. The molecule has 0 saturated heterocycles. The Kier molecular flexibility index (Phi) is 7.68. The Morgan fingerprint density at radius 1 is 1.17 bits per heavy atom. The SMILES string of the molecule is CN(C)c1ccc(/C=C/c2oc3cc(OCCNC(=O)OC(C)(C)C)ccc3c(=O)c2O)c(F)c1. The maximum absolute atomic E-state index is 14.4. The van der Waals surface area contributed by atoms with E-state index in [1.165, 1.54) is 30.4 Å². The number of amides is 1. The van der Waals surface area contributed by atoms with Crippen LogP contribution in [0, 0.1) is 5.82 Å². The van der Waals surface area contributed by atoms with Crippen LogP contribution in [0.3, 0.4) is 0 Å². The Balaban J connectivity index is 1.75. The molecule has 3 rings (SSSR count). The molecule has 0 spiro atoms. The average Bonchev–Trinajstić information content (AvgIpc) is 2.77. The van der Waals surface area contributed by atoms with Gasteiger partial charge >= 0.3 is 6.09 Å². The zero-order valence-electron chi connectivity index (χ0n) is 20.3. The molecule has 1 heterocycles. The van der Waals surface area contributed by atoms with E-state index in [4.69, 9.17) is 13.9 Å². The molecule has 0 bridgehead atoms. The van der Waals surface area contributed by atoms with Gasteiger partial charge in [0.25, 0.3) is 0 Å². The molecule has 2 aromatic carbocycles. The number of hydrogen-bond acceptors (Lipinski definition) is 7. The quantitative estimate of drug-likeness (QED) is 0.466. The first kappa shape index (κ1) is 25.6. The number of nitrogens with zero attached hydrogens (tertiary/aromatic N) is 1. The van der Waals surface area contributed by atoms with Gasteiger partial charge in [0.1, 0.15) is 29.4 Å². The van der Waals surface area contributed by atoms with Crippen molar-refractivity contribution < 1.29 is 28.2 Å². The molecular weight excluding hydrogens is 455 g/mol. The van der Waals surface area contributed by atoms with E-state index in [1.54, 1.807) is 43.9 Å².